The van der Waals surface area contributed by atoms with E-state index in [1.807, 2.05) is 36.4 Å². The zero-order valence-electron chi connectivity index (χ0n) is 20.7. The number of hydrogen-bond acceptors (Lipinski definition) is 5. The summed E-state index contributed by atoms with van der Waals surface area (Å²) >= 11 is 0. The van der Waals surface area contributed by atoms with Crippen molar-refractivity contribution < 1.29 is 4.79 Å². The quantitative estimate of drug-likeness (QED) is 0.414. The van der Waals surface area contributed by atoms with Crippen LogP contribution in [0, 0.1) is 0 Å². The van der Waals surface area contributed by atoms with E-state index >= 15 is 0 Å². The number of para-hydroxylation sites is 1. The van der Waals surface area contributed by atoms with Gasteiger partial charge in [0.05, 0.1) is 13.0 Å². The zero-order chi connectivity index (χ0) is 24.7. The standard InChI is InChI=1S/C29H32N6O/c1-33(25-10-6-3-7-11-25)26-14-12-24(13-15-26)22-34-17-16-27-31-32-28(35(27)19-18-34)21-30-29(36)20-23-8-4-2-5-9-23/h2-15H,16-22H2,1H3,(H,30,36). The molecule has 1 aliphatic rings. The molecule has 1 amide bonds. The van der Waals surface area contributed by atoms with Gasteiger partial charge >= 0.3 is 0 Å². The fourth-order valence-corrected chi connectivity index (χ4v) is 4.62. The van der Waals surface area contributed by atoms with Gasteiger partial charge in [-0.2, -0.15) is 0 Å². The summed E-state index contributed by atoms with van der Waals surface area (Å²) in [6, 6.07) is 29.0. The molecule has 1 aliphatic heterocycles. The Morgan fingerprint density at radius 1 is 0.833 bits per heavy atom. The van der Waals surface area contributed by atoms with E-state index < -0.39 is 0 Å². The van der Waals surface area contributed by atoms with Gasteiger partial charge in [0.2, 0.25) is 5.91 Å². The Balaban J connectivity index is 1.14. The van der Waals surface area contributed by atoms with Gasteiger partial charge < -0.3 is 14.8 Å². The first-order valence-corrected chi connectivity index (χ1v) is 12.5. The maximum absolute atomic E-state index is 12.4. The molecule has 0 bridgehead atoms. The number of benzene rings is 3. The third-order valence-corrected chi connectivity index (χ3v) is 6.72. The van der Waals surface area contributed by atoms with Crippen LogP contribution in [0.4, 0.5) is 11.4 Å². The van der Waals surface area contributed by atoms with E-state index in [0.717, 1.165) is 49.8 Å². The number of aromatic nitrogens is 3. The molecule has 1 N–H and O–H groups in total. The molecule has 36 heavy (non-hydrogen) atoms. The van der Waals surface area contributed by atoms with Crippen molar-refractivity contribution in [3.05, 3.63) is 108 Å². The van der Waals surface area contributed by atoms with Gasteiger partial charge in [-0.05, 0) is 35.4 Å². The number of nitrogens with one attached hydrogen (secondary N) is 1. The molecule has 0 fully saturated rings. The van der Waals surface area contributed by atoms with Crippen LogP contribution in [0.25, 0.3) is 0 Å². The lowest BCUT2D eigenvalue weighted by atomic mass is 10.1. The highest BCUT2D eigenvalue weighted by atomic mass is 16.1. The summed E-state index contributed by atoms with van der Waals surface area (Å²) in [5.41, 5.74) is 4.65. The van der Waals surface area contributed by atoms with Crippen molar-refractivity contribution in [2.75, 3.05) is 25.0 Å². The Hall–Kier alpha value is -3.97. The highest BCUT2D eigenvalue weighted by Gasteiger charge is 2.19. The minimum Gasteiger partial charge on any atom is -0.349 e. The largest absolute Gasteiger partial charge is 0.349 e. The van der Waals surface area contributed by atoms with E-state index in [1.165, 1.54) is 16.9 Å². The van der Waals surface area contributed by atoms with Crippen LogP contribution >= 0.6 is 0 Å². The first-order chi connectivity index (χ1) is 17.7. The molecule has 0 saturated heterocycles. The molecule has 0 atom stereocenters. The Morgan fingerprint density at radius 3 is 2.28 bits per heavy atom. The third kappa shape index (κ3) is 5.80. The van der Waals surface area contributed by atoms with E-state index in [4.69, 9.17) is 0 Å². The molecule has 0 spiro atoms. The summed E-state index contributed by atoms with van der Waals surface area (Å²) in [6.07, 6.45) is 1.22. The third-order valence-electron chi connectivity index (χ3n) is 6.72. The molecule has 3 aromatic carbocycles. The number of amides is 1. The molecule has 1 aromatic heterocycles. The number of hydrogen-bond donors (Lipinski definition) is 1. The normalized spacial score (nSPS) is 13.6. The molecular formula is C29H32N6O. The Kier molecular flexibility index (Phi) is 7.38. The molecule has 0 aliphatic carbocycles. The maximum atomic E-state index is 12.4. The van der Waals surface area contributed by atoms with Gasteiger partial charge in [0, 0.05) is 51.0 Å². The average molecular weight is 481 g/mol. The molecule has 0 unspecified atom stereocenters. The van der Waals surface area contributed by atoms with Gasteiger partial charge in [-0.25, -0.2) is 0 Å². The van der Waals surface area contributed by atoms with Gasteiger partial charge in [0.15, 0.2) is 5.82 Å². The maximum Gasteiger partial charge on any atom is 0.224 e. The molecule has 4 aromatic rings. The average Bonchev–Trinajstić information content (AvgIpc) is 3.20. The van der Waals surface area contributed by atoms with Gasteiger partial charge in [-0.1, -0.05) is 60.7 Å². The predicted octanol–water partition coefficient (Wildman–Crippen LogP) is 3.96. The Bertz CT molecular complexity index is 1270. The van der Waals surface area contributed by atoms with E-state index in [0.29, 0.717) is 13.0 Å². The van der Waals surface area contributed by atoms with E-state index in [9.17, 15) is 4.79 Å². The zero-order valence-corrected chi connectivity index (χ0v) is 20.7. The topological polar surface area (TPSA) is 66.3 Å². The summed E-state index contributed by atoms with van der Waals surface area (Å²) in [7, 11) is 2.09. The van der Waals surface area contributed by atoms with Gasteiger partial charge in [0.25, 0.3) is 0 Å². The number of rotatable bonds is 8. The summed E-state index contributed by atoms with van der Waals surface area (Å²) in [4.78, 5) is 17.0. The van der Waals surface area contributed by atoms with E-state index in [2.05, 4.69) is 85.5 Å². The fourth-order valence-electron chi connectivity index (χ4n) is 4.62. The smallest absolute Gasteiger partial charge is 0.224 e. The molecule has 0 saturated carbocycles. The molecule has 184 valence electrons. The summed E-state index contributed by atoms with van der Waals surface area (Å²) in [5, 5.41) is 11.8. The van der Waals surface area contributed by atoms with Crippen molar-refractivity contribution in [1.82, 2.24) is 25.0 Å². The van der Waals surface area contributed by atoms with Gasteiger partial charge in [-0.15, -0.1) is 10.2 Å². The molecular weight excluding hydrogens is 448 g/mol. The minimum atomic E-state index is -0.00449. The van der Waals surface area contributed by atoms with Crippen LogP contribution in [0.15, 0.2) is 84.9 Å². The number of nitrogens with zero attached hydrogens (tertiary/aromatic N) is 5. The van der Waals surface area contributed by atoms with Gasteiger partial charge in [0.1, 0.15) is 5.82 Å². The second kappa shape index (κ2) is 11.2. The number of anilines is 2. The van der Waals surface area contributed by atoms with Crippen molar-refractivity contribution in [1.29, 1.82) is 0 Å². The van der Waals surface area contributed by atoms with Crippen molar-refractivity contribution in [2.24, 2.45) is 0 Å². The Labute approximate surface area is 212 Å². The number of carbonyl (C=O) groups is 1. The monoisotopic (exact) mass is 480 g/mol. The molecule has 0 radical (unpaired) electrons. The molecule has 5 rings (SSSR count). The van der Waals surface area contributed by atoms with Crippen LogP contribution < -0.4 is 10.2 Å². The van der Waals surface area contributed by atoms with Crippen LogP contribution in [0.3, 0.4) is 0 Å². The van der Waals surface area contributed by atoms with Crippen LogP contribution in [0.2, 0.25) is 0 Å². The summed E-state index contributed by atoms with van der Waals surface area (Å²) in [5.74, 6) is 1.81. The minimum absolute atomic E-state index is 0.00449. The first-order valence-electron chi connectivity index (χ1n) is 12.5. The number of fused-ring (bicyclic) bond motifs is 1. The highest BCUT2D eigenvalue weighted by Crippen LogP contribution is 2.24. The van der Waals surface area contributed by atoms with Crippen molar-refractivity contribution in [3.8, 4) is 0 Å². The van der Waals surface area contributed by atoms with Crippen molar-refractivity contribution >= 4 is 17.3 Å². The molecule has 7 nitrogen and oxygen atoms in total. The van der Waals surface area contributed by atoms with E-state index in [-0.39, 0.29) is 5.91 Å². The van der Waals surface area contributed by atoms with E-state index in [1.54, 1.807) is 0 Å². The molecule has 2 heterocycles. The van der Waals surface area contributed by atoms with Crippen LogP contribution in [0.1, 0.15) is 22.8 Å². The van der Waals surface area contributed by atoms with Crippen molar-refractivity contribution in [3.63, 3.8) is 0 Å². The van der Waals surface area contributed by atoms with Crippen molar-refractivity contribution in [2.45, 2.75) is 32.5 Å². The number of carbonyl (C=O) groups excluding carboxylic acids is 1. The Morgan fingerprint density at radius 2 is 1.53 bits per heavy atom. The second-order valence-corrected chi connectivity index (χ2v) is 9.21. The highest BCUT2D eigenvalue weighted by molar-refractivity contribution is 5.78. The lowest BCUT2D eigenvalue weighted by Crippen LogP contribution is -2.28. The second-order valence-electron chi connectivity index (χ2n) is 9.21. The lowest BCUT2D eigenvalue weighted by Gasteiger charge is -2.22. The SMILES string of the molecule is CN(c1ccccc1)c1ccc(CN2CCc3nnc(CNC(=O)Cc4ccccc4)n3CC2)cc1. The summed E-state index contributed by atoms with van der Waals surface area (Å²) < 4.78 is 2.17. The van der Waals surface area contributed by atoms with Gasteiger partial charge in [-0.3, -0.25) is 9.69 Å². The fraction of sp³-hybridized carbons (Fsp3) is 0.276. The van der Waals surface area contributed by atoms with Crippen LogP contribution in [-0.2, 0) is 37.3 Å². The lowest BCUT2D eigenvalue weighted by molar-refractivity contribution is -0.120. The first kappa shape index (κ1) is 23.8. The predicted molar refractivity (Wildman–Crippen MR) is 142 cm³/mol. The molecule has 7 heteroatoms. The van der Waals surface area contributed by atoms with Crippen LogP contribution in [0.5, 0.6) is 0 Å². The summed E-state index contributed by atoms with van der Waals surface area (Å²) in [6.45, 7) is 3.97. The van der Waals surface area contributed by atoms with Crippen LogP contribution in [-0.4, -0.2) is 45.7 Å².